The average Bonchev–Trinajstić information content (AvgIpc) is 2.94. The Morgan fingerprint density at radius 2 is 2.22 bits per heavy atom. The molecule has 6 heteroatoms. The molecule has 0 saturated heterocycles. The van der Waals surface area contributed by atoms with Crippen molar-refractivity contribution in [3.8, 4) is 0 Å². The van der Waals surface area contributed by atoms with E-state index in [2.05, 4.69) is 10.3 Å². The number of imidazole rings is 1. The van der Waals surface area contributed by atoms with Crippen molar-refractivity contribution in [1.29, 1.82) is 0 Å². The standard InChI is InChI=1S/C12H17N3O3/c1-15-5-4-13-10(15)7-14-11(16)8-2-3-9(6-8)12(17)18/h4-5,8-9H,2-3,6-7H2,1H3,(H,14,16)(H,17,18)/t8-,9+/m1/s1. The number of aryl methyl sites for hydroxylation is 1. The Labute approximate surface area is 105 Å². The quantitative estimate of drug-likeness (QED) is 0.818. The first-order valence-electron chi connectivity index (χ1n) is 6.04. The summed E-state index contributed by atoms with van der Waals surface area (Å²) in [7, 11) is 1.87. The predicted molar refractivity (Wildman–Crippen MR) is 63.5 cm³/mol. The van der Waals surface area contributed by atoms with E-state index >= 15 is 0 Å². The smallest absolute Gasteiger partial charge is 0.306 e. The number of aliphatic carboxylic acids is 1. The Balaban J connectivity index is 1.83. The third-order valence-electron chi connectivity index (χ3n) is 3.49. The highest BCUT2D eigenvalue weighted by Gasteiger charge is 2.33. The number of carbonyl (C=O) groups excluding carboxylic acids is 1. The van der Waals surface area contributed by atoms with E-state index in [-0.39, 0.29) is 17.7 Å². The molecule has 0 bridgehead atoms. The van der Waals surface area contributed by atoms with Gasteiger partial charge in [0.15, 0.2) is 0 Å². The first-order valence-corrected chi connectivity index (χ1v) is 6.04. The summed E-state index contributed by atoms with van der Waals surface area (Å²) in [6, 6.07) is 0. The molecule has 0 aliphatic heterocycles. The lowest BCUT2D eigenvalue weighted by Gasteiger charge is -2.10. The van der Waals surface area contributed by atoms with E-state index in [1.54, 1.807) is 6.20 Å². The molecule has 1 aromatic heterocycles. The van der Waals surface area contributed by atoms with Gasteiger partial charge >= 0.3 is 5.97 Å². The molecule has 0 unspecified atom stereocenters. The fraction of sp³-hybridized carbons (Fsp3) is 0.583. The van der Waals surface area contributed by atoms with Crippen LogP contribution in [0.15, 0.2) is 12.4 Å². The van der Waals surface area contributed by atoms with Gasteiger partial charge in [-0.05, 0) is 19.3 Å². The van der Waals surface area contributed by atoms with Crippen LogP contribution in [-0.4, -0.2) is 26.5 Å². The minimum absolute atomic E-state index is 0.0678. The van der Waals surface area contributed by atoms with Crippen molar-refractivity contribution in [1.82, 2.24) is 14.9 Å². The highest BCUT2D eigenvalue weighted by atomic mass is 16.4. The van der Waals surface area contributed by atoms with Crippen molar-refractivity contribution in [3.05, 3.63) is 18.2 Å². The summed E-state index contributed by atoms with van der Waals surface area (Å²) in [5.74, 6) is -0.618. The fourth-order valence-electron chi connectivity index (χ4n) is 2.32. The second kappa shape index (κ2) is 5.20. The second-order valence-corrected chi connectivity index (χ2v) is 4.72. The van der Waals surface area contributed by atoms with E-state index in [4.69, 9.17) is 5.11 Å². The van der Waals surface area contributed by atoms with Gasteiger partial charge in [0.25, 0.3) is 0 Å². The summed E-state index contributed by atoms with van der Waals surface area (Å²) in [6.45, 7) is 0.385. The topological polar surface area (TPSA) is 84.2 Å². The molecule has 1 aliphatic carbocycles. The Hall–Kier alpha value is -1.85. The van der Waals surface area contributed by atoms with Gasteiger partial charge < -0.3 is 15.0 Å². The van der Waals surface area contributed by atoms with E-state index < -0.39 is 5.97 Å². The third-order valence-corrected chi connectivity index (χ3v) is 3.49. The van der Waals surface area contributed by atoms with Crippen molar-refractivity contribution in [2.45, 2.75) is 25.8 Å². The van der Waals surface area contributed by atoms with Crippen LogP contribution in [0.2, 0.25) is 0 Å². The number of hydrogen-bond acceptors (Lipinski definition) is 3. The van der Waals surface area contributed by atoms with E-state index in [0.717, 1.165) is 5.82 Å². The molecular weight excluding hydrogens is 234 g/mol. The second-order valence-electron chi connectivity index (χ2n) is 4.72. The summed E-state index contributed by atoms with van der Waals surface area (Å²) >= 11 is 0. The van der Waals surface area contributed by atoms with E-state index in [0.29, 0.717) is 25.8 Å². The monoisotopic (exact) mass is 251 g/mol. The van der Waals surface area contributed by atoms with Crippen LogP contribution in [-0.2, 0) is 23.2 Å². The molecule has 1 aliphatic rings. The molecule has 0 spiro atoms. The summed E-state index contributed by atoms with van der Waals surface area (Å²) in [6.07, 6.45) is 5.19. The first-order chi connectivity index (χ1) is 8.58. The van der Waals surface area contributed by atoms with Crippen LogP contribution in [0, 0.1) is 11.8 Å². The normalized spacial score (nSPS) is 22.9. The minimum Gasteiger partial charge on any atom is -0.481 e. The molecule has 98 valence electrons. The number of nitrogens with zero attached hydrogens (tertiary/aromatic N) is 2. The lowest BCUT2D eigenvalue weighted by molar-refractivity contribution is -0.141. The van der Waals surface area contributed by atoms with Gasteiger partial charge in [0, 0.05) is 25.4 Å². The van der Waals surface area contributed by atoms with E-state index in [1.165, 1.54) is 0 Å². The molecule has 0 radical (unpaired) electrons. The Bertz CT molecular complexity index is 455. The molecule has 1 fully saturated rings. The SMILES string of the molecule is Cn1ccnc1CNC(=O)[C@@H]1CC[C@H](C(=O)O)C1. The zero-order valence-corrected chi connectivity index (χ0v) is 10.3. The molecule has 1 heterocycles. The zero-order chi connectivity index (χ0) is 13.1. The number of carboxylic acids is 1. The molecule has 2 rings (SSSR count). The van der Waals surface area contributed by atoms with Gasteiger partial charge in [-0.3, -0.25) is 9.59 Å². The van der Waals surface area contributed by atoms with Gasteiger partial charge in [-0.2, -0.15) is 0 Å². The molecule has 18 heavy (non-hydrogen) atoms. The molecule has 2 atom stereocenters. The highest BCUT2D eigenvalue weighted by Crippen LogP contribution is 2.31. The van der Waals surface area contributed by atoms with Gasteiger partial charge in [-0.15, -0.1) is 0 Å². The van der Waals surface area contributed by atoms with Gasteiger partial charge in [0.2, 0.25) is 5.91 Å². The number of carbonyl (C=O) groups is 2. The van der Waals surface area contributed by atoms with Crippen molar-refractivity contribution >= 4 is 11.9 Å². The van der Waals surface area contributed by atoms with Crippen molar-refractivity contribution in [2.75, 3.05) is 0 Å². The Kier molecular flexibility index (Phi) is 3.64. The van der Waals surface area contributed by atoms with Gasteiger partial charge in [0.1, 0.15) is 5.82 Å². The molecule has 1 saturated carbocycles. The molecular formula is C12H17N3O3. The average molecular weight is 251 g/mol. The zero-order valence-electron chi connectivity index (χ0n) is 10.3. The van der Waals surface area contributed by atoms with Crippen LogP contribution in [0.3, 0.4) is 0 Å². The summed E-state index contributed by atoms with van der Waals surface area (Å²) in [4.78, 5) is 26.8. The molecule has 1 amide bonds. The molecule has 6 nitrogen and oxygen atoms in total. The summed E-state index contributed by atoms with van der Waals surface area (Å²) in [5, 5.41) is 11.7. The third kappa shape index (κ3) is 2.69. The van der Waals surface area contributed by atoms with Crippen molar-refractivity contribution in [3.63, 3.8) is 0 Å². The van der Waals surface area contributed by atoms with E-state index in [9.17, 15) is 9.59 Å². The van der Waals surface area contributed by atoms with Crippen molar-refractivity contribution < 1.29 is 14.7 Å². The Morgan fingerprint density at radius 1 is 1.50 bits per heavy atom. The highest BCUT2D eigenvalue weighted by molar-refractivity contribution is 5.80. The minimum atomic E-state index is -0.797. The molecule has 2 N–H and O–H groups in total. The summed E-state index contributed by atoms with van der Waals surface area (Å²) in [5.41, 5.74) is 0. The van der Waals surface area contributed by atoms with Gasteiger partial charge in [0.05, 0.1) is 12.5 Å². The maximum atomic E-state index is 11.9. The number of nitrogens with one attached hydrogen (secondary N) is 1. The molecule has 1 aromatic rings. The lowest BCUT2D eigenvalue weighted by Crippen LogP contribution is -2.30. The summed E-state index contributed by atoms with van der Waals surface area (Å²) < 4.78 is 1.84. The van der Waals surface area contributed by atoms with Crippen LogP contribution in [0.4, 0.5) is 0 Å². The van der Waals surface area contributed by atoms with Crippen LogP contribution < -0.4 is 5.32 Å². The fourth-order valence-corrected chi connectivity index (χ4v) is 2.32. The maximum absolute atomic E-state index is 11.9. The number of aromatic nitrogens is 2. The first kappa shape index (κ1) is 12.6. The van der Waals surface area contributed by atoms with Crippen LogP contribution >= 0.6 is 0 Å². The Morgan fingerprint density at radius 3 is 2.78 bits per heavy atom. The van der Waals surface area contributed by atoms with Crippen molar-refractivity contribution in [2.24, 2.45) is 18.9 Å². The predicted octanol–water partition coefficient (Wildman–Crippen LogP) is 0.537. The lowest BCUT2D eigenvalue weighted by atomic mass is 10.0. The number of hydrogen-bond donors (Lipinski definition) is 2. The number of carboxylic acid groups (broad SMARTS) is 1. The van der Waals surface area contributed by atoms with Crippen LogP contribution in [0.5, 0.6) is 0 Å². The number of rotatable bonds is 4. The van der Waals surface area contributed by atoms with E-state index in [1.807, 2.05) is 17.8 Å². The van der Waals surface area contributed by atoms with Crippen LogP contribution in [0.25, 0.3) is 0 Å². The largest absolute Gasteiger partial charge is 0.481 e. The maximum Gasteiger partial charge on any atom is 0.306 e. The van der Waals surface area contributed by atoms with Crippen LogP contribution in [0.1, 0.15) is 25.1 Å². The number of amides is 1. The van der Waals surface area contributed by atoms with Gasteiger partial charge in [-0.25, -0.2) is 4.98 Å². The molecule has 0 aromatic carbocycles. The van der Waals surface area contributed by atoms with Gasteiger partial charge in [-0.1, -0.05) is 0 Å².